The van der Waals surface area contributed by atoms with Gasteiger partial charge in [0, 0.05) is 16.7 Å². The molecule has 4 rings (SSSR count). The number of halogens is 3. The van der Waals surface area contributed by atoms with Crippen LogP contribution in [0.15, 0.2) is 18.2 Å². The lowest BCUT2D eigenvalue weighted by Crippen LogP contribution is -2.22. The van der Waals surface area contributed by atoms with Crippen LogP contribution in [0.2, 0.25) is 0 Å². The van der Waals surface area contributed by atoms with E-state index in [0.29, 0.717) is 29.2 Å². The Kier molecular flexibility index (Phi) is 4.11. The summed E-state index contributed by atoms with van der Waals surface area (Å²) in [6, 6.07) is 5.12. The van der Waals surface area contributed by atoms with E-state index in [1.807, 2.05) is 0 Å². The summed E-state index contributed by atoms with van der Waals surface area (Å²) in [5.41, 5.74) is 2.20. The largest absolute Gasteiger partial charge is 0.373 e. The van der Waals surface area contributed by atoms with E-state index in [-0.39, 0.29) is 22.8 Å². The maximum atomic E-state index is 15.1. The number of rotatable bonds is 3. The van der Waals surface area contributed by atoms with Gasteiger partial charge in [0.2, 0.25) is 0 Å². The maximum absolute atomic E-state index is 15.1. The van der Waals surface area contributed by atoms with Crippen molar-refractivity contribution in [1.82, 2.24) is 0 Å². The van der Waals surface area contributed by atoms with E-state index >= 15 is 4.39 Å². The third kappa shape index (κ3) is 2.50. The van der Waals surface area contributed by atoms with Gasteiger partial charge in [-0.2, -0.15) is 0 Å². The molecular formula is C21H21F3O. The molecular weight excluding hydrogens is 325 g/mol. The molecule has 25 heavy (non-hydrogen) atoms. The minimum absolute atomic E-state index is 0.0668. The van der Waals surface area contributed by atoms with E-state index < -0.39 is 17.5 Å². The van der Waals surface area contributed by atoms with Crippen LogP contribution >= 0.6 is 0 Å². The van der Waals surface area contributed by atoms with Crippen LogP contribution in [0.4, 0.5) is 13.2 Å². The molecule has 2 unspecified atom stereocenters. The zero-order valence-corrected chi connectivity index (χ0v) is 14.5. The summed E-state index contributed by atoms with van der Waals surface area (Å²) in [6.07, 6.45) is 3.70. The number of hydrogen-bond donors (Lipinski definition) is 0. The molecule has 0 aromatic heterocycles. The lowest BCUT2D eigenvalue weighted by atomic mass is 9.77. The summed E-state index contributed by atoms with van der Waals surface area (Å²) >= 11 is 0. The molecule has 0 radical (unpaired) electrons. The highest BCUT2D eigenvalue weighted by molar-refractivity contribution is 6.03. The minimum Gasteiger partial charge on any atom is -0.373 e. The van der Waals surface area contributed by atoms with Crippen LogP contribution in [0.5, 0.6) is 0 Å². The first-order valence-corrected chi connectivity index (χ1v) is 8.96. The highest BCUT2D eigenvalue weighted by Gasteiger charge is 2.35. The first-order chi connectivity index (χ1) is 12.0. The molecule has 0 amide bonds. The first-order valence-electron chi connectivity index (χ1n) is 8.96. The second kappa shape index (κ2) is 6.17. The number of aryl methyl sites for hydroxylation is 1. The van der Waals surface area contributed by atoms with Crippen LogP contribution in [0.1, 0.15) is 49.8 Å². The van der Waals surface area contributed by atoms with Crippen LogP contribution < -0.4 is 0 Å². The molecule has 1 nitrogen and oxygen atoms in total. The van der Waals surface area contributed by atoms with Gasteiger partial charge in [0.25, 0.3) is 0 Å². The molecule has 2 aliphatic rings. The van der Waals surface area contributed by atoms with E-state index in [2.05, 4.69) is 6.92 Å². The Balaban J connectivity index is 1.67. The van der Waals surface area contributed by atoms with Crippen LogP contribution in [0.3, 0.4) is 0 Å². The normalized spacial score (nSPS) is 21.5. The minimum atomic E-state index is -0.953. The fourth-order valence-electron chi connectivity index (χ4n) is 4.14. The van der Waals surface area contributed by atoms with Crippen molar-refractivity contribution in [3.8, 4) is 22.3 Å². The van der Waals surface area contributed by atoms with E-state index in [0.717, 1.165) is 25.7 Å². The van der Waals surface area contributed by atoms with Crippen molar-refractivity contribution < 1.29 is 17.9 Å². The number of ether oxygens (including phenoxy) is 1. The molecule has 0 spiro atoms. The third-order valence-corrected chi connectivity index (χ3v) is 5.51. The van der Waals surface area contributed by atoms with Crippen LogP contribution in [-0.4, -0.2) is 6.61 Å². The van der Waals surface area contributed by atoms with E-state index in [9.17, 15) is 8.78 Å². The monoisotopic (exact) mass is 346 g/mol. The van der Waals surface area contributed by atoms with Crippen LogP contribution in [-0.2, 0) is 4.74 Å². The van der Waals surface area contributed by atoms with Gasteiger partial charge in [-0.05, 0) is 54.9 Å². The lowest BCUT2D eigenvalue weighted by molar-refractivity contribution is -0.0211. The summed E-state index contributed by atoms with van der Waals surface area (Å²) < 4.78 is 49.1. The van der Waals surface area contributed by atoms with Gasteiger partial charge >= 0.3 is 0 Å². The highest BCUT2D eigenvalue weighted by atomic mass is 19.2. The number of fused-ring (bicyclic) bond motifs is 4. The van der Waals surface area contributed by atoms with Gasteiger partial charge in [-0.25, -0.2) is 13.2 Å². The fraction of sp³-hybridized carbons (Fsp3) is 0.429. The van der Waals surface area contributed by atoms with Crippen LogP contribution in [0, 0.1) is 30.3 Å². The quantitative estimate of drug-likeness (QED) is 0.538. The molecule has 1 fully saturated rings. The fourth-order valence-corrected chi connectivity index (χ4v) is 4.14. The van der Waals surface area contributed by atoms with Gasteiger partial charge < -0.3 is 4.74 Å². The standard InChI is InChI=1S/C21H21F3O/c1-3-4-12-5-8-16(25-10-12)14-7-6-13-15-9-11(2)19(22)21(24)18(15)17(13)20(14)23/h6-7,9,12,16H,3-5,8,10H2,1-2H3. The molecule has 4 heteroatoms. The molecule has 0 bridgehead atoms. The van der Waals surface area contributed by atoms with Crippen molar-refractivity contribution in [3.05, 3.63) is 46.8 Å². The van der Waals surface area contributed by atoms with Crippen molar-refractivity contribution in [3.63, 3.8) is 0 Å². The smallest absolute Gasteiger partial charge is 0.167 e. The Morgan fingerprint density at radius 1 is 1.00 bits per heavy atom. The summed E-state index contributed by atoms with van der Waals surface area (Å²) in [6.45, 7) is 4.30. The summed E-state index contributed by atoms with van der Waals surface area (Å²) in [5, 5.41) is 0. The first kappa shape index (κ1) is 16.6. The second-order valence-corrected chi connectivity index (χ2v) is 7.19. The average Bonchev–Trinajstić information content (AvgIpc) is 2.60. The van der Waals surface area contributed by atoms with Gasteiger partial charge in [0.1, 0.15) is 5.82 Å². The molecule has 132 valence electrons. The molecule has 2 atom stereocenters. The number of hydrogen-bond acceptors (Lipinski definition) is 1. The van der Waals surface area contributed by atoms with Crippen molar-refractivity contribution in [2.45, 2.75) is 45.6 Å². The zero-order valence-electron chi connectivity index (χ0n) is 14.5. The van der Waals surface area contributed by atoms with Gasteiger partial charge in [-0.1, -0.05) is 25.5 Å². The molecule has 2 aromatic rings. The average molecular weight is 346 g/mol. The summed E-state index contributed by atoms with van der Waals surface area (Å²) in [4.78, 5) is 0. The van der Waals surface area contributed by atoms with Gasteiger partial charge in [-0.3, -0.25) is 0 Å². The van der Waals surface area contributed by atoms with Gasteiger partial charge in [0.05, 0.1) is 12.7 Å². The van der Waals surface area contributed by atoms with Crippen LogP contribution in [0.25, 0.3) is 22.3 Å². The molecule has 0 N–H and O–H groups in total. The van der Waals surface area contributed by atoms with E-state index in [1.165, 1.54) is 6.92 Å². The van der Waals surface area contributed by atoms with E-state index in [1.54, 1.807) is 18.2 Å². The Morgan fingerprint density at radius 2 is 1.76 bits per heavy atom. The molecule has 1 aliphatic carbocycles. The number of benzene rings is 2. The molecule has 1 aliphatic heterocycles. The van der Waals surface area contributed by atoms with Crippen molar-refractivity contribution in [2.24, 2.45) is 5.92 Å². The highest BCUT2D eigenvalue weighted by Crippen LogP contribution is 2.52. The Bertz CT molecular complexity index is 836. The predicted octanol–water partition coefficient (Wildman–Crippen LogP) is 6.33. The van der Waals surface area contributed by atoms with Crippen molar-refractivity contribution in [2.75, 3.05) is 6.61 Å². The third-order valence-electron chi connectivity index (χ3n) is 5.51. The van der Waals surface area contributed by atoms with Gasteiger partial charge in [-0.15, -0.1) is 0 Å². The van der Waals surface area contributed by atoms with Gasteiger partial charge in [0.15, 0.2) is 11.6 Å². The Morgan fingerprint density at radius 3 is 2.44 bits per heavy atom. The topological polar surface area (TPSA) is 9.23 Å². The van der Waals surface area contributed by atoms with Crippen molar-refractivity contribution in [1.29, 1.82) is 0 Å². The second-order valence-electron chi connectivity index (χ2n) is 7.19. The SMILES string of the molecule is CCCC1CCC(c2ccc3c(c2F)-c2c-3cc(C)c(F)c2F)OC1. The van der Waals surface area contributed by atoms with E-state index in [4.69, 9.17) is 4.74 Å². The zero-order chi connectivity index (χ0) is 17.7. The Hall–Kier alpha value is -1.81. The maximum Gasteiger partial charge on any atom is 0.167 e. The molecule has 2 aromatic carbocycles. The molecule has 0 saturated carbocycles. The summed E-state index contributed by atoms with van der Waals surface area (Å²) in [7, 11) is 0. The lowest BCUT2D eigenvalue weighted by Gasteiger charge is -2.32. The summed E-state index contributed by atoms with van der Waals surface area (Å²) in [5.74, 6) is -1.78. The predicted molar refractivity (Wildman–Crippen MR) is 91.8 cm³/mol. The van der Waals surface area contributed by atoms with Crippen molar-refractivity contribution >= 4 is 0 Å². The Labute approximate surface area is 145 Å². The molecule has 1 heterocycles. The molecule has 1 saturated heterocycles.